The second-order valence-electron chi connectivity index (χ2n) is 2.45. The number of rotatable bonds is 3. The molecule has 0 heterocycles. The first-order valence-electron chi connectivity index (χ1n) is 4.46. The molecule has 68 valence electrons. The first-order valence-corrected chi connectivity index (χ1v) is 4.46. The molecule has 1 N–H and O–H groups in total. The average Bonchev–Trinajstić information content (AvgIpc) is 2.03. The molecule has 0 saturated carbocycles. The van der Waals surface area contributed by atoms with E-state index in [0.29, 0.717) is 0 Å². The van der Waals surface area contributed by atoms with Crippen molar-refractivity contribution in [2.45, 2.75) is 41.0 Å². The molecule has 0 fully saturated rings. The number of carbonyl (C=O) groups excluding carboxylic acids is 1. The van der Waals surface area contributed by atoms with Gasteiger partial charge < -0.3 is 5.32 Å². The molecule has 0 aliphatic heterocycles. The highest BCUT2D eigenvalue weighted by atomic mass is 16.1. The minimum absolute atomic E-state index is 0.122. The molecule has 2 nitrogen and oxygen atoms in total. The van der Waals surface area contributed by atoms with E-state index >= 15 is 0 Å². The van der Waals surface area contributed by atoms with Gasteiger partial charge in [0.15, 0.2) is 0 Å². The molecule has 0 aromatic carbocycles. The van der Waals surface area contributed by atoms with Gasteiger partial charge in [-0.3, -0.25) is 4.79 Å². The Morgan fingerprint density at radius 3 is 2.09 bits per heavy atom. The predicted octanol–water partition coefficient (Wildman–Crippen LogP) is 2.19. The third-order valence-corrected chi connectivity index (χ3v) is 1.07. The van der Waals surface area contributed by atoms with Crippen LogP contribution < -0.4 is 5.32 Å². The molecule has 0 aromatic heterocycles. The minimum Gasteiger partial charge on any atom is -0.356 e. The van der Waals surface area contributed by atoms with Gasteiger partial charge in [-0.05, 0) is 6.42 Å². The van der Waals surface area contributed by atoms with Crippen molar-refractivity contribution in [3.63, 3.8) is 0 Å². The second-order valence-corrected chi connectivity index (χ2v) is 2.45. The van der Waals surface area contributed by atoms with E-state index in [1.54, 1.807) is 0 Å². The van der Waals surface area contributed by atoms with Crippen LogP contribution in [0.1, 0.15) is 41.0 Å². The number of nitrogens with one attached hydrogen (secondary N) is 1. The molecule has 0 spiro atoms. The summed E-state index contributed by atoms with van der Waals surface area (Å²) in [5, 5.41) is 2.79. The summed E-state index contributed by atoms with van der Waals surface area (Å²) in [7, 11) is 0. The molecule has 2 heteroatoms. The highest BCUT2D eigenvalue weighted by Gasteiger charge is 2.03. The molecule has 0 rings (SSSR count). The van der Waals surface area contributed by atoms with Crippen molar-refractivity contribution in [1.82, 2.24) is 5.32 Å². The van der Waals surface area contributed by atoms with Crippen LogP contribution in [-0.2, 0) is 4.79 Å². The fourth-order valence-corrected chi connectivity index (χ4v) is 0.452. The normalized spacial score (nSPS) is 8.55. The zero-order valence-corrected chi connectivity index (χ0v) is 8.40. The van der Waals surface area contributed by atoms with Crippen LogP contribution in [0.2, 0.25) is 0 Å². The summed E-state index contributed by atoms with van der Waals surface area (Å²) < 4.78 is 0. The number of carbonyl (C=O) groups is 1. The fraction of sp³-hybridized carbons (Fsp3) is 0.889. The van der Waals surface area contributed by atoms with E-state index in [-0.39, 0.29) is 11.8 Å². The van der Waals surface area contributed by atoms with E-state index in [4.69, 9.17) is 0 Å². The zero-order chi connectivity index (χ0) is 9.28. The van der Waals surface area contributed by atoms with Crippen molar-refractivity contribution in [2.75, 3.05) is 6.54 Å². The van der Waals surface area contributed by atoms with Gasteiger partial charge in [0, 0.05) is 12.5 Å². The second kappa shape index (κ2) is 9.47. The topological polar surface area (TPSA) is 29.1 Å². The molecule has 0 aliphatic rings. The quantitative estimate of drug-likeness (QED) is 0.672. The van der Waals surface area contributed by atoms with Crippen molar-refractivity contribution in [2.24, 2.45) is 5.92 Å². The van der Waals surface area contributed by atoms with Crippen LogP contribution >= 0.6 is 0 Å². The first-order chi connectivity index (χ1) is 5.18. The number of hydrogen-bond donors (Lipinski definition) is 1. The third kappa shape index (κ3) is 9.47. The maximum atomic E-state index is 10.8. The molecular formula is C9H21NO. The fourth-order valence-electron chi connectivity index (χ4n) is 0.452. The Bertz CT molecular complexity index is 89.6. The van der Waals surface area contributed by atoms with E-state index in [9.17, 15) is 4.79 Å². The summed E-state index contributed by atoms with van der Waals surface area (Å²) in [5.41, 5.74) is 0. The molecule has 0 unspecified atom stereocenters. The lowest BCUT2D eigenvalue weighted by Crippen LogP contribution is -2.28. The van der Waals surface area contributed by atoms with Gasteiger partial charge in [-0.2, -0.15) is 0 Å². The Morgan fingerprint density at radius 2 is 1.82 bits per heavy atom. The van der Waals surface area contributed by atoms with Crippen LogP contribution in [-0.4, -0.2) is 12.5 Å². The smallest absolute Gasteiger partial charge is 0.222 e. The van der Waals surface area contributed by atoms with Gasteiger partial charge in [-0.15, -0.1) is 0 Å². The van der Waals surface area contributed by atoms with Gasteiger partial charge in [0.05, 0.1) is 0 Å². The summed E-state index contributed by atoms with van der Waals surface area (Å²) in [6, 6.07) is 0. The van der Waals surface area contributed by atoms with E-state index in [0.717, 1.165) is 13.0 Å². The largest absolute Gasteiger partial charge is 0.356 e. The van der Waals surface area contributed by atoms with E-state index in [2.05, 4.69) is 5.32 Å². The van der Waals surface area contributed by atoms with Crippen molar-refractivity contribution >= 4 is 5.91 Å². The zero-order valence-electron chi connectivity index (χ0n) is 8.40. The maximum absolute atomic E-state index is 10.8. The van der Waals surface area contributed by atoms with Crippen molar-refractivity contribution < 1.29 is 4.79 Å². The van der Waals surface area contributed by atoms with Crippen LogP contribution in [0.5, 0.6) is 0 Å². The monoisotopic (exact) mass is 159 g/mol. The van der Waals surface area contributed by atoms with Gasteiger partial charge in [-0.25, -0.2) is 0 Å². The van der Waals surface area contributed by atoms with Gasteiger partial charge in [-0.1, -0.05) is 34.6 Å². The van der Waals surface area contributed by atoms with Gasteiger partial charge in [0.2, 0.25) is 5.91 Å². The molecule has 0 atom stereocenters. The molecule has 0 radical (unpaired) electrons. The molecule has 11 heavy (non-hydrogen) atoms. The third-order valence-electron chi connectivity index (χ3n) is 1.07. The highest BCUT2D eigenvalue weighted by Crippen LogP contribution is 1.89. The summed E-state index contributed by atoms with van der Waals surface area (Å²) in [5.74, 6) is 0.272. The lowest BCUT2D eigenvalue weighted by Gasteiger charge is -2.04. The Kier molecular flexibility index (Phi) is 11.3. The van der Waals surface area contributed by atoms with Crippen molar-refractivity contribution in [3.05, 3.63) is 0 Å². The van der Waals surface area contributed by atoms with Crippen molar-refractivity contribution in [1.29, 1.82) is 0 Å². The maximum Gasteiger partial charge on any atom is 0.222 e. The average molecular weight is 159 g/mol. The van der Waals surface area contributed by atoms with Crippen LogP contribution in [0.3, 0.4) is 0 Å². The number of amides is 1. The summed E-state index contributed by atoms with van der Waals surface area (Å²) >= 11 is 0. The van der Waals surface area contributed by atoms with Crippen LogP contribution in [0.4, 0.5) is 0 Å². The molecule has 0 bridgehead atoms. The predicted molar refractivity (Wildman–Crippen MR) is 49.5 cm³/mol. The van der Waals surface area contributed by atoms with Gasteiger partial charge >= 0.3 is 0 Å². The van der Waals surface area contributed by atoms with Crippen molar-refractivity contribution in [3.8, 4) is 0 Å². The summed E-state index contributed by atoms with van der Waals surface area (Å²) in [6.07, 6.45) is 1.01. The van der Waals surface area contributed by atoms with Gasteiger partial charge in [0.1, 0.15) is 0 Å². The number of hydrogen-bond acceptors (Lipinski definition) is 1. The molecule has 0 aliphatic carbocycles. The van der Waals surface area contributed by atoms with E-state index in [1.165, 1.54) is 0 Å². The Morgan fingerprint density at radius 1 is 1.36 bits per heavy atom. The minimum atomic E-state index is 0.122. The summed E-state index contributed by atoms with van der Waals surface area (Å²) in [4.78, 5) is 10.8. The molecule has 0 aromatic rings. The summed E-state index contributed by atoms with van der Waals surface area (Å²) in [6.45, 7) is 10.6. The SMILES string of the molecule is CC.CCCNC(=O)C(C)C. The standard InChI is InChI=1S/C7H15NO.C2H6/c1-4-5-8-7(9)6(2)3;1-2/h6H,4-5H2,1-3H3,(H,8,9);1-2H3. The van der Waals surface area contributed by atoms with Crippen LogP contribution in [0, 0.1) is 5.92 Å². The Labute approximate surface area is 70.4 Å². The highest BCUT2D eigenvalue weighted by molar-refractivity contribution is 5.77. The first kappa shape index (κ1) is 13.1. The molecule has 1 amide bonds. The Balaban J connectivity index is 0. The van der Waals surface area contributed by atoms with E-state index in [1.807, 2.05) is 34.6 Å². The van der Waals surface area contributed by atoms with Crippen LogP contribution in [0.15, 0.2) is 0 Å². The van der Waals surface area contributed by atoms with Crippen LogP contribution in [0.25, 0.3) is 0 Å². The Hall–Kier alpha value is -0.530. The molecule has 0 saturated heterocycles. The lowest BCUT2D eigenvalue weighted by molar-refractivity contribution is -0.123. The lowest BCUT2D eigenvalue weighted by atomic mass is 10.2. The molecular weight excluding hydrogens is 138 g/mol. The van der Waals surface area contributed by atoms with E-state index < -0.39 is 0 Å². The van der Waals surface area contributed by atoms with Gasteiger partial charge in [0.25, 0.3) is 0 Å².